The van der Waals surface area contributed by atoms with E-state index in [0.29, 0.717) is 22.6 Å². The first-order valence-corrected chi connectivity index (χ1v) is 6.64. The molecule has 0 saturated carbocycles. The topological polar surface area (TPSA) is 72.9 Å². The van der Waals surface area contributed by atoms with Crippen LogP contribution in [0.5, 0.6) is 11.5 Å². The molecule has 0 atom stereocenters. The molecule has 0 aliphatic rings. The van der Waals surface area contributed by atoms with Crippen LogP contribution in [0.4, 0.5) is 0 Å². The quantitative estimate of drug-likeness (QED) is 0.254. The summed E-state index contributed by atoms with van der Waals surface area (Å²) in [7, 11) is 1.48. The smallest absolute Gasteiger partial charge is 0.333 e. The van der Waals surface area contributed by atoms with Gasteiger partial charge in [0.1, 0.15) is 13.2 Å². The lowest BCUT2D eigenvalue weighted by Gasteiger charge is -2.11. The molecular formula is C17H16N2O4. The van der Waals surface area contributed by atoms with Gasteiger partial charge in [-0.3, -0.25) is 0 Å². The van der Waals surface area contributed by atoms with E-state index in [0.717, 1.165) is 0 Å². The highest BCUT2D eigenvalue weighted by Crippen LogP contribution is 2.29. The third-order valence-corrected chi connectivity index (χ3v) is 2.65. The van der Waals surface area contributed by atoms with Gasteiger partial charge in [-0.25, -0.2) is 14.9 Å². The Balaban J connectivity index is 2.73. The van der Waals surface area contributed by atoms with E-state index >= 15 is 0 Å². The van der Waals surface area contributed by atoms with E-state index in [1.807, 2.05) is 0 Å². The summed E-state index contributed by atoms with van der Waals surface area (Å²) in [6.07, 6.45) is 1.45. The number of nitrogens with zero attached hydrogens (tertiary/aromatic N) is 2. The van der Waals surface area contributed by atoms with Crippen LogP contribution in [-0.4, -0.2) is 26.3 Å². The maximum atomic E-state index is 11.2. The van der Waals surface area contributed by atoms with E-state index < -0.39 is 5.97 Å². The molecule has 0 N–H and O–H groups in total. The number of methoxy groups -OCH3 is 1. The lowest BCUT2D eigenvalue weighted by molar-refractivity contribution is -0.139. The summed E-state index contributed by atoms with van der Waals surface area (Å²) in [5.74, 6) is 0.453. The molecule has 1 aromatic rings. The molecule has 0 bridgehead atoms. The number of allylic oxidation sites excluding steroid dienone is 1. The van der Waals surface area contributed by atoms with E-state index in [2.05, 4.69) is 11.4 Å². The molecule has 1 rings (SSSR count). The molecule has 0 aliphatic heterocycles. The largest absolute Gasteiger partial charge is 0.493 e. The van der Waals surface area contributed by atoms with Crippen molar-refractivity contribution in [3.63, 3.8) is 0 Å². The molecular weight excluding hydrogens is 296 g/mol. The summed E-state index contributed by atoms with van der Waals surface area (Å²) in [5, 5.41) is 8.76. The number of nitriles is 1. The van der Waals surface area contributed by atoms with Crippen molar-refractivity contribution in [2.45, 2.75) is 6.92 Å². The van der Waals surface area contributed by atoms with E-state index in [1.165, 1.54) is 13.2 Å². The Morgan fingerprint density at radius 1 is 1.43 bits per heavy atom. The number of hydrogen-bond donors (Lipinski definition) is 0. The van der Waals surface area contributed by atoms with Crippen LogP contribution in [0.3, 0.4) is 0 Å². The molecule has 1 aromatic carbocycles. The van der Waals surface area contributed by atoms with Crippen molar-refractivity contribution in [1.29, 1.82) is 5.26 Å². The second kappa shape index (κ2) is 8.91. The van der Waals surface area contributed by atoms with Gasteiger partial charge in [-0.1, -0.05) is 12.6 Å². The minimum absolute atomic E-state index is 0.0209. The number of rotatable bonds is 7. The highest BCUT2D eigenvalue weighted by Gasteiger charge is 2.07. The van der Waals surface area contributed by atoms with Crippen LogP contribution in [0.15, 0.2) is 36.0 Å². The van der Waals surface area contributed by atoms with Crippen molar-refractivity contribution in [2.24, 2.45) is 0 Å². The Bertz CT molecular complexity index is 692. The van der Waals surface area contributed by atoms with Crippen LogP contribution in [-0.2, 0) is 9.53 Å². The van der Waals surface area contributed by atoms with Crippen LogP contribution in [0.1, 0.15) is 12.5 Å². The van der Waals surface area contributed by atoms with Gasteiger partial charge in [0.2, 0.25) is 0 Å². The van der Waals surface area contributed by atoms with Crippen molar-refractivity contribution >= 4 is 12.0 Å². The summed E-state index contributed by atoms with van der Waals surface area (Å²) < 4.78 is 15.6. The van der Waals surface area contributed by atoms with Gasteiger partial charge >= 0.3 is 5.97 Å². The number of hydrogen-bond acceptors (Lipinski definition) is 5. The number of carbonyl (C=O) groups excluding carboxylic acids is 1. The first-order chi connectivity index (χ1) is 11.0. The lowest BCUT2D eigenvalue weighted by Crippen LogP contribution is -2.12. The number of esters is 1. The number of carbonyl (C=O) groups is 1. The Morgan fingerprint density at radius 2 is 2.17 bits per heavy atom. The molecule has 23 heavy (non-hydrogen) atoms. The maximum absolute atomic E-state index is 11.2. The van der Waals surface area contributed by atoms with Crippen molar-refractivity contribution in [1.82, 2.24) is 0 Å². The van der Waals surface area contributed by atoms with Gasteiger partial charge in [-0.15, -0.1) is 0 Å². The average molecular weight is 312 g/mol. The molecule has 0 amide bonds. The number of ether oxygens (including phenoxy) is 3. The third kappa shape index (κ3) is 5.56. The van der Waals surface area contributed by atoms with Gasteiger partial charge in [0.15, 0.2) is 11.5 Å². The van der Waals surface area contributed by atoms with Gasteiger partial charge in [0.05, 0.1) is 19.8 Å². The lowest BCUT2D eigenvalue weighted by atomic mass is 10.1. The second-order valence-corrected chi connectivity index (χ2v) is 4.43. The molecule has 6 heteroatoms. The number of benzene rings is 1. The summed E-state index contributed by atoms with van der Waals surface area (Å²) in [5.41, 5.74) is 0.953. The molecule has 118 valence electrons. The minimum Gasteiger partial charge on any atom is -0.493 e. The molecule has 0 aliphatic carbocycles. The van der Waals surface area contributed by atoms with Crippen molar-refractivity contribution < 1.29 is 19.0 Å². The SMILES string of the molecule is [C-]#[N+]C(C#N)=Cc1ccc(OCCOC(=O)C(=C)C)c(OC)c1. The standard InChI is InChI=1S/C17H16N2O4/c1-12(2)17(20)23-8-7-22-15-6-5-13(10-16(15)21-4)9-14(11-18)19-3/h5-6,9-10H,1,7-8H2,2,4H3. The zero-order valence-electron chi connectivity index (χ0n) is 13.0. The summed E-state index contributed by atoms with van der Waals surface area (Å²) in [4.78, 5) is 14.3. The molecule has 0 saturated heterocycles. The molecule has 0 fully saturated rings. The highest BCUT2D eigenvalue weighted by atomic mass is 16.6. The molecule has 0 unspecified atom stereocenters. The van der Waals surface area contributed by atoms with Crippen LogP contribution >= 0.6 is 0 Å². The van der Waals surface area contributed by atoms with Crippen molar-refractivity contribution in [2.75, 3.05) is 20.3 Å². The first-order valence-electron chi connectivity index (χ1n) is 6.64. The zero-order valence-corrected chi connectivity index (χ0v) is 13.0. The van der Waals surface area contributed by atoms with Crippen LogP contribution < -0.4 is 9.47 Å². The van der Waals surface area contributed by atoms with Crippen LogP contribution in [0.25, 0.3) is 10.9 Å². The van der Waals surface area contributed by atoms with Crippen molar-refractivity contribution in [3.05, 3.63) is 53.0 Å². The van der Waals surface area contributed by atoms with Gasteiger partial charge in [-0.2, -0.15) is 0 Å². The second-order valence-electron chi connectivity index (χ2n) is 4.43. The van der Waals surface area contributed by atoms with E-state index in [9.17, 15) is 4.79 Å². The van der Waals surface area contributed by atoms with E-state index in [1.54, 1.807) is 31.2 Å². The summed E-state index contributed by atoms with van der Waals surface area (Å²) >= 11 is 0. The van der Waals surface area contributed by atoms with Crippen LogP contribution in [0.2, 0.25) is 0 Å². The third-order valence-electron chi connectivity index (χ3n) is 2.65. The Morgan fingerprint density at radius 3 is 2.74 bits per heavy atom. The Kier molecular flexibility index (Phi) is 6.90. The van der Waals surface area contributed by atoms with Gasteiger partial charge in [0.25, 0.3) is 5.70 Å². The normalized spacial score (nSPS) is 10.2. The minimum atomic E-state index is -0.468. The predicted octanol–water partition coefficient (Wildman–Crippen LogP) is 2.98. The van der Waals surface area contributed by atoms with Gasteiger partial charge < -0.3 is 14.2 Å². The molecule has 6 nitrogen and oxygen atoms in total. The molecule has 0 radical (unpaired) electrons. The Hall–Kier alpha value is -3.25. The highest BCUT2D eigenvalue weighted by molar-refractivity contribution is 5.86. The Labute approximate surface area is 135 Å². The van der Waals surface area contributed by atoms with Gasteiger partial charge in [0, 0.05) is 5.57 Å². The molecule has 0 spiro atoms. The zero-order chi connectivity index (χ0) is 17.2. The van der Waals surface area contributed by atoms with E-state index in [4.69, 9.17) is 26.0 Å². The summed E-state index contributed by atoms with van der Waals surface area (Å²) in [6.45, 7) is 12.2. The first kappa shape index (κ1) is 17.8. The van der Waals surface area contributed by atoms with E-state index in [-0.39, 0.29) is 18.9 Å². The average Bonchev–Trinajstić information content (AvgIpc) is 2.56. The molecule has 0 aromatic heterocycles. The van der Waals surface area contributed by atoms with Gasteiger partial charge in [-0.05, 0) is 30.7 Å². The fraction of sp³-hybridized carbons (Fsp3) is 0.235. The fourth-order valence-corrected chi connectivity index (χ4v) is 1.55. The fourth-order valence-electron chi connectivity index (χ4n) is 1.55. The maximum Gasteiger partial charge on any atom is 0.333 e. The molecule has 0 heterocycles. The predicted molar refractivity (Wildman–Crippen MR) is 84.5 cm³/mol. The van der Waals surface area contributed by atoms with Crippen LogP contribution in [0, 0.1) is 17.9 Å². The van der Waals surface area contributed by atoms with Crippen molar-refractivity contribution in [3.8, 4) is 17.6 Å². The summed E-state index contributed by atoms with van der Waals surface area (Å²) in [6, 6.07) is 6.80. The monoisotopic (exact) mass is 312 g/mol.